The molecule has 0 bridgehead atoms. The van der Waals surface area contributed by atoms with Gasteiger partial charge in [0, 0.05) is 0 Å². The summed E-state index contributed by atoms with van der Waals surface area (Å²) in [4.78, 5) is 11.3. The van der Waals surface area contributed by atoms with Crippen molar-refractivity contribution in [3.8, 4) is 0 Å². The van der Waals surface area contributed by atoms with Crippen LogP contribution in [0.4, 0.5) is 13.2 Å². The Kier molecular flexibility index (Phi) is 4.28. The second kappa shape index (κ2) is 5.23. The fourth-order valence-corrected chi connectivity index (χ4v) is 1.81. The maximum Gasteiger partial charge on any atom is 0.416 e. The minimum Gasteiger partial charge on any atom is -0.481 e. The standard InChI is InChI=1S/C14H17F3O2/c1-9(2)13(3,12(18)19)8-10-5-4-6-11(7-10)14(15,16)17/h4-7,9H,8H2,1-3H3,(H,18,19). The third-order valence-electron chi connectivity index (χ3n) is 3.59. The van der Waals surface area contributed by atoms with E-state index < -0.39 is 23.1 Å². The van der Waals surface area contributed by atoms with E-state index in [-0.39, 0.29) is 12.3 Å². The van der Waals surface area contributed by atoms with Crippen molar-refractivity contribution in [1.29, 1.82) is 0 Å². The van der Waals surface area contributed by atoms with Crippen molar-refractivity contribution in [2.24, 2.45) is 11.3 Å². The van der Waals surface area contributed by atoms with Gasteiger partial charge in [-0.15, -0.1) is 0 Å². The molecule has 1 atom stereocenters. The Balaban J connectivity index is 3.09. The summed E-state index contributed by atoms with van der Waals surface area (Å²) in [6.07, 6.45) is -4.34. The van der Waals surface area contributed by atoms with Crippen molar-refractivity contribution in [1.82, 2.24) is 0 Å². The molecule has 106 valence electrons. The van der Waals surface area contributed by atoms with Crippen molar-refractivity contribution in [2.75, 3.05) is 0 Å². The smallest absolute Gasteiger partial charge is 0.416 e. The topological polar surface area (TPSA) is 37.3 Å². The average Bonchev–Trinajstić information content (AvgIpc) is 2.27. The molecule has 0 fully saturated rings. The van der Waals surface area contributed by atoms with Crippen LogP contribution in [0.5, 0.6) is 0 Å². The Morgan fingerprint density at radius 1 is 1.32 bits per heavy atom. The molecule has 1 unspecified atom stereocenters. The summed E-state index contributed by atoms with van der Waals surface area (Å²) >= 11 is 0. The second-order valence-electron chi connectivity index (χ2n) is 5.25. The molecule has 0 spiro atoms. The van der Waals surface area contributed by atoms with E-state index in [2.05, 4.69) is 0 Å². The molecule has 0 aliphatic carbocycles. The molecule has 5 heteroatoms. The normalized spacial score (nSPS) is 15.3. The first-order valence-corrected chi connectivity index (χ1v) is 5.97. The molecule has 19 heavy (non-hydrogen) atoms. The van der Waals surface area contributed by atoms with Crippen LogP contribution in [-0.2, 0) is 17.4 Å². The third-order valence-corrected chi connectivity index (χ3v) is 3.59. The zero-order chi connectivity index (χ0) is 14.8. The van der Waals surface area contributed by atoms with E-state index in [0.717, 1.165) is 12.1 Å². The lowest BCUT2D eigenvalue weighted by Crippen LogP contribution is -2.35. The van der Waals surface area contributed by atoms with E-state index in [0.29, 0.717) is 5.56 Å². The Labute approximate surface area is 110 Å². The van der Waals surface area contributed by atoms with Gasteiger partial charge in [0.05, 0.1) is 11.0 Å². The maximum absolute atomic E-state index is 12.6. The molecule has 0 aliphatic rings. The molecule has 1 aromatic rings. The molecule has 0 radical (unpaired) electrons. The predicted octanol–water partition coefficient (Wildman–Crippen LogP) is 3.99. The number of alkyl halides is 3. The lowest BCUT2D eigenvalue weighted by atomic mass is 9.74. The maximum atomic E-state index is 12.6. The molecule has 0 aliphatic heterocycles. The van der Waals surface area contributed by atoms with Crippen LogP contribution in [0.3, 0.4) is 0 Å². The largest absolute Gasteiger partial charge is 0.481 e. The number of hydrogen-bond donors (Lipinski definition) is 1. The Hall–Kier alpha value is -1.52. The Morgan fingerprint density at radius 3 is 2.32 bits per heavy atom. The van der Waals surface area contributed by atoms with Crippen molar-refractivity contribution < 1.29 is 23.1 Å². The Morgan fingerprint density at radius 2 is 1.89 bits per heavy atom. The highest BCUT2D eigenvalue weighted by Gasteiger charge is 2.37. The van der Waals surface area contributed by atoms with Crippen molar-refractivity contribution >= 4 is 5.97 Å². The number of carbonyl (C=O) groups is 1. The van der Waals surface area contributed by atoms with Gasteiger partial charge in [0.1, 0.15) is 0 Å². The van der Waals surface area contributed by atoms with E-state index in [4.69, 9.17) is 0 Å². The highest BCUT2D eigenvalue weighted by atomic mass is 19.4. The van der Waals surface area contributed by atoms with E-state index in [9.17, 15) is 23.1 Å². The van der Waals surface area contributed by atoms with Crippen LogP contribution in [0, 0.1) is 11.3 Å². The lowest BCUT2D eigenvalue weighted by molar-refractivity contribution is -0.150. The summed E-state index contributed by atoms with van der Waals surface area (Å²) in [5.74, 6) is -1.18. The molecule has 0 aromatic heterocycles. The molecule has 1 aromatic carbocycles. The van der Waals surface area contributed by atoms with Gasteiger partial charge in [-0.2, -0.15) is 13.2 Å². The van der Waals surface area contributed by atoms with Gasteiger partial charge >= 0.3 is 12.1 Å². The molecule has 0 saturated carbocycles. The minimum atomic E-state index is -4.41. The van der Waals surface area contributed by atoms with Crippen molar-refractivity contribution in [3.63, 3.8) is 0 Å². The van der Waals surface area contributed by atoms with Gasteiger partial charge in [0.25, 0.3) is 0 Å². The van der Waals surface area contributed by atoms with Gasteiger partial charge in [0.15, 0.2) is 0 Å². The predicted molar refractivity (Wildman–Crippen MR) is 65.7 cm³/mol. The Bertz CT molecular complexity index is 466. The lowest BCUT2D eigenvalue weighted by Gasteiger charge is -2.29. The van der Waals surface area contributed by atoms with Crippen LogP contribution in [0.2, 0.25) is 0 Å². The van der Waals surface area contributed by atoms with Crippen LogP contribution in [0.1, 0.15) is 31.9 Å². The molecule has 1 rings (SSSR count). The summed E-state index contributed by atoms with van der Waals surface area (Å²) in [7, 11) is 0. The van der Waals surface area contributed by atoms with Crippen LogP contribution in [-0.4, -0.2) is 11.1 Å². The summed E-state index contributed by atoms with van der Waals surface area (Å²) < 4.78 is 37.8. The molecule has 0 amide bonds. The zero-order valence-electron chi connectivity index (χ0n) is 11.1. The number of benzene rings is 1. The first-order chi connectivity index (χ1) is 8.57. The molecule has 0 heterocycles. The molecule has 0 saturated heterocycles. The van der Waals surface area contributed by atoms with Crippen LogP contribution in [0.15, 0.2) is 24.3 Å². The van der Waals surface area contributed by atoms with E-state index in [1.807, 2.05) is 0 Å². The summed E-state index contributed by atoms with van der Waals surface area (Å²) in [5.41, 5.74) is -1.44. The van der Waals surface area contributed by atoms with Crippen LogP contribution < -0.4 is 0 Å². The number of hydrogen-bond acceptors (Lipinski definition) is 1. The summed E-state index contributed by atoms with van der Waals surface area (Å²) in [6.45, 7) is 5.06. The van der Waals surface area contributed by atoms with Gasteiger partial charge in [-0.1, -0.05) is 32.0 Å². The SMILES string of the molecule is CC(C)C(C)(Cc1cccc(C(F)(F)F)c1)C(=O)O. The fraction of sp³-hybridized carbons (Fsp3) is 0.500. The van der Waals surface area contributed by atoms with Gasteiger partial charge in [-0.25, -0.2) is 0 Å². The first kappa shape index (κ1) is 15.5. The first-order valence-electron chi connectivity index (χ1n) is 5.97. The highest BCUT2D eigenvalue weighted by Crippen LogP contribution is 2.34. The molecule has 1 N–H and O–H groups in total. The van der Waals surface area contributed by atoms with Gasteiger partial charge < -0.3 is 5.11 Å². The second-order valence-corrected chi connectivity index (χ2v) is 5.25. The highest BCUT2D eigenvalue weighted by molar-refractivity contribution is 5.75. The monoisotopic (exact) mass is 274 g/mol. The molecule has 2 nitrogen and oxygen atoms in total. The average molecular weight is 274 g/mol. The van der Waals surface area contributed by atoms with Gasteiger partial charge in [-0.05, 0) is 30.9 Å². The van der Waals surface area contributed by atoms with Gasteiger partial charge in [0.2, 0.25) is 0 Å². The van der Waals surface area contributed by atoms with Crippen LogP contribution in [0.25, 0.3) is 0 Å². The summed E-state index contributed by atoms with van der Waals surface area (Å²) in [5, 5.41) is 9.27. The number of carboxylic acids is 1. The van der Waals surface area contributed by atoms with E-state index in [1.165, 1.54) is 12.1 Å². The van der Waals surface area contributed by atoms with E-state index in [1.54, 1.807) is 20.8 Å². The summed E-state index contributed by atoms with van der Waals surface area (Å²) in [6, 6.07) is 4.83. The number of aliphatic carboxylic acids is 1. The van der Waals surface area contributed by atoms with E-state index >= 15 is 0 Å². The third kappa shape index (κ3) is 3.49. The van der Waals surface area contributed by atoms with Crippen LogP contribution >= 0.6 is 0 Å². The van der Waals surface area contributed by atoms with Gasteiger partial charge in [-0.3, -0.25) is 4.79 Å². The number of rotatable bonds is 4. The van der Waals surface area contributed by atoms with Crippen molar-refractivity contribution in [3.05, 3.63) is 35.4 Å². The van der Waals surface area contributed by atoms with Crippen molar-refractivity contribution in [2.45, 2.75) is 33.4 Å². The molecular formula is C14H17F3O2. The minimum absolute atomic E-state index is 0.0733. The quantitative estimate of drug-likeness (QED) is 0.901. The number of halogens is 3. The number of carboxylic acid groups (broad SMARTS) is 1. The fourth-order valence-electron chi connectivity index (χ4n) is 1.81. The zero-order valence-corrected chi connectivity index (χ0v) is 11.1. The molecular weight excluding hydrogens is 257 g/mol.